The largest absolute Gasteiger partial charge is 0.462 e. The molecular weight excluding hydrogens is 721 g/mol. The lowest BCUT2D eigenvalue weighted by atomic mass is 9.67. The van der Waals surface area contributed by atoms with Crippen LogP contribution in [0.25, 0.3) is 0 Å². The molecule has 3 unspecified atom stereocenters. The van der Waals surface area contributed by atoms with Crippen molar-refractivity contribution in [3.63, 3.8) is 0 Å². The Morgan fingerprint density at radius 1 is 0.678 bits per heavy atom. The van der Waals surface area contributed by atoms with E-state index in [0.29, 0.717) is 12.3 Å². The number of carbonyl (C=O) groups excluding carboxylic acids is 1. The third kappa shape index (κ3) is 22.1. The molecule has 59 heavy (non-hydrogen) atoms. The number of hydrogen-bond donors (Lipinski definition) is 1. The van der Waals surface area contributed by atoms with E-state index in [2.05, 4.69) is 161 Å². The first kappa shape index (κ1) is 51.7. The third-order valence-corrected chi connectivity index (χ3v) is 12.1. The average Bonchev–Trinajstić information content (AvgIpc) is 3.13. The second kappa shape index (κ2) is 28.2. The number of unbranched alkanes of at least 4 members (excludes halogenated alkanes) is 12. The van der Waals surface area contributed by atoms with Crippen molar-refractivity contribution in [2.45, 2.75) is 198 Å². The van der Waals surface area contributed by atoms with Crippen LogP contribution in [0.3, 0.4) is 0 Å². The van der Waals surface area contributed by atoms with Crippen molar-refractivity contribution in [2.75, 3.05) is 0 Å². The van der Waals surface area contributed by atoms with Crippen LogP contribution in [0.15, 0.2) is 130 Å². The van der Waals surface area contributed by atoms with Gasteiger partial charge in [-0.3, -0.25) is 4.79 Å². The second-order valence-electron chi connectivity index (χ2n) is 19.2. The molecule has 1 N–H and O–H groups in total. The van der Waals surface area contributed by atoms with Crippen molar-refractivity contribution >= 4 is 5.97 Å². The fraction of sp³-hybridized carbons (Fsp3) is 0.589. The SMILES string of the molecule is CCCCCCCCCCCCCCCC(=O)OC1CC(C)=C(C=CC(C)=CC=CC(C)=CC=CC=C(C)C=CC=C(C)C=CC2C(C)=CC(O)CC2(C)C)C(C)(C)C1. The van der Waals surface area contributed by atoms with Gasteiger partial charge in [0, 0.05) is 18.8 Å². The van der Waals surface area contributed by atoms with Crippen LogP contribution in [0.1, 0.15) is 185 Å². The van der Waals surface area contributed by atoms with Gasteiger partial charge in [-0.2, -0.15) is 0 Å². The molecule has 0 aromatic heterocycles. The van der Waals surface area contributed by atoms with Gasteiger partial charge >= 0.3 is 5.97 Å². The highest BCUT2D eigenvalue weighted by Crippen LogP contribution is 2.43. The summed E-state index contributed by atoms with van der Waals surface area (Å²) in [4.78, 5) is 12.7. The van der Waals surface area contributed by atoms with Gasteiger partial charge < -0.3 is 9.84 Å². The van der Waals surface area contributed by atoms with E-state index in [1.165, 1.54) is 110 Å². The van der Waals surface area contributed by atoms with Gasteiger partial charge in [0.25, 0.3) is 0 Å². The van der Waals surface area contributed by atoms with E-state index in [1.54, 1.807) is 0 Å². The van der Waals surface area contributed by atoms with Gasteiger partial charge in [0.15, 0.2) is 0 Å². The molecule has 0 radical (unpaired) electrons. The summed E-state index contributed by atoms with van der Waals surface area (Å²) in [6.45, 7) is 24.1. The standard InChI is InChI=1S/C56H86O3/c1-12-13-14-15-16-17-18-19-20-21-22-23-24-35-54(58)59-51-41-49(7)53(56(10,11)43-51)39-37-47(5)34-28-32-45(3)30-26-25-29-44(2)31-27-33-46(4)36-38-52-48(6)40-50(57)42-55(52,8)9/h25-34,36-40,50-52,57H,12-24,35,41-43H2,1-11H3. The first-order valence-corrected chi connectivity index (χ1v) is 23.4. The first-order valence-electron chi connectivity index (χ1n) is 23.4. The molecule has 328 valence electrons. The number of carbonyl (C=O) groups is 1. The van der Waals surface area contributed by atoms with Gasteiger partial charge in [0.05, 0.1) is 6.10 Å². The summed E-state index contributed by atoms with van der Waals surface area (Å²) < 4.78 is 6.01. The Morgan fingerprint density at radius 2 is 1.15 bits per heavy atom. The summed E-state index contributed by atoms with van der Waals surface area (Å²) in [6, 6.07) is 0. The molecule has 3 nitrogen and oxygen atoms in total. The Balaban J connectivity index is 1.76. The number of hydrogen-bond acceptors (Lipinski definition) is 3. The molecule has 0 saturated carbocycles. The molecule has 0 aromatic rings. The van der Waals surface area contributed by atoms with Crippen molar-refractivity contribution in [1.29, 1.82) is 0 Å². The lowest BCUT2D eigenvalue weighted by Gasteiger charge is -2.38. The molecule has 2 aliphatic rings. The third-order valence-electron chi connectivity index (χ3n) is 12.1. The molecule has 2 aliphatic carbocycles. The van der Waals surface area contributed by atoms with Crippen molar-refractivity contribution in [1.82, 2.24) is 0 Å². The van der Waals surface area contributed by atoms with Gasteiger partial charge in [-0.25, -0.2) is 0 Å². The molecule has 3 heteroatoms. The maximum absolute atomic E-state index is 12.7. The predicted octanol–water partition coefficient (Wildman–Crippen LogP) is 16.4. The number of ether oxygens (including phenoxy) is 1. The van der Waals surface area contributed by atoms with E-state index >= 15 is 0 Å². The van der Waals surface area contributed by atoms with Gasteiger partial charge in [0.2, 0.25) is 0 Å². The molecule has 0 amide bonds. The predicted molar refractivity (Wildman–Crippen MR) is 258 cm³/mol. The minimum absolute atomic E-state index is 0.0243. The summed E-state index contributed by atoms with van der Waals surface area (Å²) in [7, 11) is 0. The molecule has 2 rings (SSSR count). The molecule has 0 bridgehead atoms. The van der Waals surface area contributed by atoms with E-state index in [4.69, 9.17) is 4.74 Å². The molecule has 0 aliphatic heterocycles. The maximum atomic E-state index is 12.7. The summed E-state index contributed by atoms with van der Waals surface area (Å²) >= 11 is 0. The normalized spacial score (nSPS) is 22.2. The highest BCUT2D eigenvalue weighted by Gasteiger charge is 2.35. The van der Waals surface area contributed by atoms with Gasteiger partial charge in [-0.1, -0.05) is 236 Å². The quantitative estimate of drug-likeness (QED) is 0.0433. The van der Waals surface area contributed by atoms with Crippen LogP contribution >= 0.6 is 0 Å². The fourth-order valence-electron chi connectivity index (χ4n) is 8.73. The topological polar surface area (TPSA) is 46.5 Å². The first-order chi connectivity index (χ1) is 28.0. The van der Waals surface area contributed by atoms with Gasteiger partial charge in [-0.15, -0.1) is 0 Å². The number of esters is 1. The smallest absolute Gasteiger partial charge is 0.306 e. The zero-order valence-electron chi connectivity index (χ0n) is 39.7. The Hall–Kier alpha value is -3.43. The minimum atomic E-state index is -0.337. The summed E-state index contributed by atoms with van der Waals surface area (Å²) in [6.07, 6.45) is 51.8. The Labute approximate surface area is 363 Å². The molecule has 0 aromatic carbocycles. The Kier molecular flexibility index (Phi) is 24.7. The zero-order valence-corrected chi connectivity index (χ0v) is 39.7. The van der Waals surface area contributed by atoms with Crippen LogP contribution in [0.4, 0.5) is 0 Å². The number of rotatable bonds is 25. The monoisotopic (exact) mass is 807 g/mol. The molecule has 0 spiro atoms. The molecular formula is C56H86O3. The number of aliphatic hydroxyl groups excluding tert-OH is 1. The lowest BCUT2D eigenvalue weighted by Crippen LogP contribution is -2.32. The zero-order chi connectivity index (χ0) is 43.7. The van der Waals surface area contributed by atoms with E-state index in [1.807, 2.05) is 6.08 Å². The van der Waals surface area contributed by atoms with Gasteiger partial charge in [-0.05, 0) is 77.2 Å². The lowest BCUT2D eigenvalue weighted by molar-refractivity contribution is -0.150. The number of aliphatic hydroxyl groups is 1. The van der Waals surface area contributed by atoms with Crippen LogP contribution in [-0.2, 0) is 9.53 Å². The van der Waals surface area contributed by atoms with E-state index in [9.17, 15) is 9.90 Å². The maximum Gasteiger partial charge on any atom is 0.306 e. The summed E-state index contributed by atoms with van der Waals surface area (Å²) in [5, 5.41) is 10.1. The summed E-state index contributed by atoms with van der Waals surface area (Å²) in [5.41, 5.74) is 8.69. The molecule has 0 saturated heterocycles. The minimum Gasteiger partial charge on any atom is -0.462 e. The van der Waals surface area contributed by atoms with Crippen molar-refractivity contribution in [3.05, 3.63) is 130 Å². The molecule has 0 fully saturated rings. The van der Waals surface area contributed by atoms with Crippen molar-refractivity contribution < 1.29 is 14.6 Å². The van der Waals surface area contributed by atoms with Crippen LogP contribution in [0, 0.1) is 16.7 Å². The average molecular weight is 807 g/mol. The Bertz CT molecular complexity index is 1620. The van der Waals surface area contributed by atoms with Crippen LogP contribution in [0.5, 0.6) is 0 Å². The molecule has 3 atom stereocenters. The van der Waals surface area contributed by atoms with E-state index < -0.39 is 0 Å². The summed E-state index contributed by atoms with van der Waals surface area (Å²) in [5.74, 6) is 0.316. The van der Waals surface area contributed by atoms with E-state index in [-0.39, 0.29) is 29.0 Å². The van der Waals surface area contributed by atoms with Crippen molar-refractivity contribution in [2.24, 2.45) is 16.7 Å². The van der Waals surface area contributed by atoms with E-state index in [0.717, 1.165) is 32.1 Å². The Morgan fingerprint density at radius 3 is 1.66 bits per heavy atom. The van der Waals surface area contributed by atoms with Gasteiger partial charge in [0.1, 0.15) is 6.10 Å². The van der Waals surface area contributed by atoms with Crippen LogP contribution in [-0.4, -0.2) is 23.3 Å². The van der Waals surface area contributed by atoms with Crippen LogP contribution < -0.4 is 0 Å². The number of allylic oxidation sites excluding steroid dienone is 20. The second-order valence-corrected chi connectivity index (χ2v) is 19.2. The van der Waals surface area contributed by atoms with Crippen molar-refractivity contribution in [3.8, 4) is 0 Å². The fourth-order valence-corrected chi connectivity index (χ4v) is 8.73. The highest BCUT2D eigenvalue weighted by molar-refractivity contribution is 5.69. The molecule has 0 heterocycles. The van der Waals surface area contributed by atoms with Crippen LogP contribution in [0.2, 0.25) is 0 Å². The highest BCUT2D eigenvalue weighted by atomic mass is 16.5.